The third-order valence-electron chi connectivity index (χ3n) is 3.24. The summed E-state index contributed by atoms with van der Waals surface area (Å²) in [5.74, 6) is -3.29. The van der Waals surface area contributed by atoms with Crippen molar-refractivity contribution in [3.8, 4) is 0 Å². The van der Waals surface area contributed by atoms with Gasteiger partial charge in [0.05, 0.1) is 13.0 Å². The second-order valence-corrected chi connectivity index (χ2v) is 5.99. The molecule has 0 heterocycles. The topological polar surface area (TPSA) is 182 Å². The number of amides is 2. The molecule has 0 aromatic heterocycles. The maximum Gasteiger partial charge on any atom is 0.330 e. The summed E-state index contributed by atoms with van der Waals surface area (Å²) in [4.78, 5) is 45.1. The van der Waals surface area contributed by atoms with Crippen molar-refractivity contribution in [2.75, 3.05) is 13.2 Å². The van der Waals surface area contributed by atoms with Gasteiger partial charge in [0.2, 0.25) is 11.8 Å². The monoisotopic (exact) mass is 347 g/mol. The fourth-order valence-electron chi connectivity index (χ4n) is 1.48. The van der Waals surface area contributed by atoms with Gasteiger partial charge in [-0.2, -0.15) is 0 Å². The molecule has 2 amide bonds. The number of nitrogens with two attached hydrogens (primary N) is 2. The van der Waals surface area contributed by atoms with Crippen molar-refractivity contribution in [3.63, 3.8) is 0 Å². The van der Waals surface area contributed by atoms with E-state index in [4.69, 9.17) is 16.6 Å². The molecule has 0 aliphatic heterocycles. The minimum Gasteiger partial charge on any atom is -0.396 e. The Morgan fingerprint density at radius 3 is 2.29 bits per heavy atom. The van der Waals surface area contributed by atoms with Crippen LogP contribution in [0.1, 0.15) is 33.1 Å². The zero-order valence-electron chi connectivity index (χ0n) is 13.8. The maximum atomic E-state index is 11.7. The van der Waals surface area contributed by atoms with Crippen molar-refractivity contribution in [1.82, 2.24) is 5.32 Å². The minimum absolute atomic E-state index is 0.0411. The van der Waals surface area contributed by atoms with Crippen molar-refractivity contribution in [1.29, 1.82) is 0 Å². The smallest absolute Gasteiger partial charge is 0.330 e. The van der Waals surface area contributed by atoms with E-state index < -0.39 is 47.9 Å². The van der Waals surface area contributed by atoms with Crippen LogP contribution in [-0.4, -0.2) is 59.3 Å². The number of rotatable bonds is 10. The van der Waals surface area contributed by atoms with Crippen LogP contribution < -0.4 is 16.8 Å². The Morgan fingerprint density at radius 2 is 1.79 bits per heavy atom. The van der Waals surface area contributed by atoms with Crippen LogP contribution in [0.4, 0.5) is 0 Å². The van der Waals surface area contributed by atoms with Crippen LogP contribution in [0.2, 0.25) is 0 Å². The minimum atomic E-state index is -1.46. The maximum absolute atomic E-state index is 11.7. The normalized spacial score (nSPS) is 13.7. The van der Waals surface area contributed by atoms with Crippen LogP contribution in [0, 0.1) is 5.41 Å². The van der Waals surface area contributed by atoms with E-state index in [0.29, 0.717) is 0 Å². The highest BCUT2D eigenvalue weighted by Crippen LogP contribution is 2.19. The molecule has 138 valence electrons. The standard InChI is InChI=1S/C14H25N3O7/c1-14(2,7-18)11(21)12(22)17-6-5-10(20)24-13(23)8(15)3-4-9(16)19/h8,11,18,21H,3-7,15H2,1-2H3,(H2,16,19)(H,17,22)/t8-,11-/m0/s1. The molecule has 0 saturated carbocycles. The molecule has 10 nitrogen and oxygen atoms in total. The van der Waals surface area contributed by atoms with Gasteiger partial charge in [-0.3, -0.25) is 14.4 Å². The molecule has 24 heavy (non-hydrogen) atoms. The summed E-state index contributed by atoms with van der Waals surface area (Å²) in [6.45, 7) is 2.43. The van der Waals surface area contributed by atoms with E-state index in [1.807, 2.05) is 0 Å². The third kappa shape index (κ3) is 7.99. The lowest BCUT2D eigenvalue weighted by Gasteiger charge is -2.27. The van der Waals surface area contributed by atoms with E-state index in [0.717, 1.165) is 0 Å². The number of esters is 2. The molecule has 0 aromatic carbocycles. The van der Waals surface area contributed by atoms with Crippen molar-refractivity contribution in [2.24, 2.45) is 16.9 Å². The van der Waals surface area contributed by atoms with Crippen molar-refractivity contribution in [2.45, 2.75) is 45.3 Å². The summed E-state index contributed by atoms with van der Waals surface area (Å²) in [7, 11) is 0. The summed E-state index contributed by atoms with van der Waals surface area (Å²) in [5, 5.41) is 21.1. The quantitative estimate of drug-likeness (QED) is 0.213. The molecule has 0 bridgehead atoms. The summed E-state index contributed by atoms with van der Waals surface area (Å²) in [6, 6.07) is -1.15. The van der Waals surface area contributed by atoms with Crippen LogP contribution in [0.3, 0.4) is 0 Å². The summed E-state index contributed by atoms with van der Waals surface area (Å²) in [5.41, 5.74) is 9.31. The Balaban J connectivity index is 4.16. The zero-order chi connectivity index (χ0) is 18.9. The Morgan fingerprint density at radius 1 is 1.21 bits per heavy atom. The second-order valence-electron chi connectivity index (χ2n) is 5.99. The fourth-order valence-corrected chi connectivity index (χ4v) is 1.48. The van der Waals surface area contributed by atoms with Crippen LogP contribution >= 0.6 is 0 Å². The van der Waals surface area contributed by atoms with E-state index >= 15 is 0 Å². The number of carbonyl (C=O) groups is 4. The molecule has 0 aliphatic carbocycles. The first kappa shape index (κ1) is 22.0. The Hall–Kier alpha value is -2.04. The number of hydrogen-bond acceptors (Lipinski definition) is 8. The van der Waals surface area contributed by atoms with Gasteiger partial charge >= 0.3 is 11.9 Å². The lowest BCUT2D eigenvalue weighted by atomic mass is 9.87. The fraction of sp³-hybridized carbons (Fsp3) is 0.714. The molecule has 7 N–H and O–H groups in total. The first-order chi connectivity index (χ1) is 11.0. The van der Waals surface area contributed by atoms with E-state index in [-0.39, 0.29) is 25.8 Å². The molecule has 10 heteroatoms. The van der Waals surface area contributed by atoms with E-state index in [1.165, 1.54) is 13.8 Å². The number of aliphatic hydroxyl groups excluding tert-OH is 2. The molecule has 0 aliphatic rings. The number of primary amides is 1. The molecule has 0 unspecified atom stereocenters. The van der Waals surface area contributed by atoms with Crippen molar-refractivity contribution in [3.05, 3.63) is 0 Å². The van der Waals surface area contributed by atoms with Gasteiger partial charge in [-0.15, -0.1) is 0 Å². The zero-order valence-corrected chi connectivity index (χ0v) is 13.8. The van der Waals surface area contributed by atoms with Crippen LogP contribution in [-0.2, 0) is 23.9 Å². The number of nitrogens with one attached hydrogen (secondary N) is 1. The Kier molecular flexibility index (Phi) is 9.11. The van der Waals surface area contributed by atoms with Gasteiger partial charge in [-0.05, 0) is 6.42 Å². The van der Waals surface area contributed by atoms with Crippen LogP contribution in [0.25, 0.3) is 0 Å². The van der Waals surface area contributed by atoms with Crippen molar-refractivity contribution < 1.29 is 34.1 Å². The molecule has 0 fully saturated rings. The highest BCUT2D eigenvalue weighted by Gasteiger charge is 2.32. The van der Waals surface area contributed by atoms with Crippen molar-refractivity contribution >= 4 is 23.8 Å². The highest BCUT2D eigenvalue weighted by molar-refractivity contribution is 5.89. The lowest BCUT2D eigenvalue weighted by molar-refractivity contribution is -0.160. The number of ether oxygens (including phenoxy) is 1. The summed E-state index contributed by atoms with van der Waals surface area (Å²) in [6.07, 6.45) is -1.92. The summed E-state index contributed by atoms with van der Waals surface area (Å²) < 4.78 is 4.47. The number of hydrogen-bond donors (Lipinski definition) is 5. The van der Waals surface area contributed by atoms with Gasteiger partial charge in [0.15, 0.2) is 0 Å². The predicted molar refractivity (Wildman–Crippen MR) is 82.0 cm³/mol. The van der Waals surface area contributed by atoms with Gasteiger partial charge in [-0.1, -0.05) is 13.8 Å². The molecule has 0 saturated heterocycles. The molecular formula is C14H25N3O7. The Bertz CT molecular complexity index is 479. The Labute approximate surface area is 139 Å². The van der Waals surface area contributed by atoms with Crippen LogP contribution in [0.5, 0.6) is 0 Å². The van der Waals surface area contributed by atoms with Gasteiger partial charge in [0.25, 0.3) is 0 Å². The van der Waals surface area contributed by atoms with E-state index in [9.17, 15) is 24.3 Å². The first-order valence-corrected chi connectivity index (χ1v) is 7.36. The van der Waals surface area contributed by atoms with E-state index in [2.05, 4.69) is 10.1 Å². The summed E-state index contributed by atoms with van der Waals surface area (Å²) >= 11 is 0. The third-order valence-corrected chi connectivity index (χ3v) is 3.24. The molecule has 0 spiro atoms. The van der Waals surface area contributed by atoms with Crippen LogP contribution in [0.15, 0.2) is 0 Å². The molecule has 0 aromatic rings. The SMILES string of the molecule is CC(C)(CO)[C@@H](O)C(=O)NCCC(=O)OC(=O)[C@@H](N)CCC(N)=O. The highest BCUT2D eigenvalue weighted by atomic mass is 16.6. The van der Waals surface area contributed by atoms with Gasteiger partial charge < -0.3 is 31.7 Å². The predicted octanol–water partition coefficient (Wildman–Crippen LogP) is -2.47. The van der Waals surface area contributed by atoms with E-state index in [1.54, 1.807) is 0 Å². The number of carbonyl (C=O) groups excluding carboxylic acids is 4. The first-order valence-electron chi connectivity index (χ1n) is 7.36. The van der Waals surface area contributed by atoms with Gasteiger partial charge in [-0.25, -0.2) is 4.79 Å². The lowest BCUT2D eigenvalue weighted by Crippen LogP contribution is -2.46. The second kappa shape index (κ2) is 9.96. The average Bonchev–Trinajstić information content (AvgIpc) is 2.51. The molecule has 0 radical (unpaired) electrons. The largest absolute Gasteiger partial charge is 0.396 e. The molecule has 0 rings (SSSR count). The molecule has 2 atom stereocenters. The number of aliphatic hydroxyl groups is 2. The van der Waals surface area contributed by atoms with Gasteiger partial charge in [0.1, 0.15) is 12.1 Å². The van der Waals surface area contributed by atoms with Gasteiger partial charge in [0, 0.05) is 18.4 Å². The average molecular weight is 347 g/mol. The molecular weight excluding hydrogens is 322 g/mol.